The molecule has 1 aliphatic heterocycles. The molecule has 0 radical (unpaired) electrons. The van der Waals surface area contributed by atoms with Gasteiger partial charge >= 0.3 is 5.56 Å². The molecule has 2 aromatic heterocycles. The Balaban J connectivity index is 2.47. The largest absolute Gasteiger partial charge is 0.409 e. The number of rotatable bonds is 1. The van der Waals surface area contributed by atoms with Crippen LogP contribution in [-0.4, -0.2) is 57.1 Å². The summed E-state index contributed by atoms with van der Waals surface area (Å²) >= 11 is 0. The molecule has 116 valence electrons. The second-order valence-corrected chi connectivity index (χ2v) is 5.46. The molecule has 22 heavy (non-hydrogen) atoms. The highest BCUT2D eigenvalue weighted by Crippen LogP contribution is 2.26. The minimum absolute atomic E-state index is 0.0742. The maximum atomic E-state index is 12.3. The fourth-order valence-corrected chi connectivity index (χ4v) is 2.64. The van der Waals surface area contributed by atoms with Crippen LogP contribution in [0, 0.1) is 0 Å². The molecule has 9 nitrogen and oxygen atoms in total. The van der Waals surface area contributed by atoms with E-state index in [2.05, 4.69) is 10.4 Å². The summed E-state index contributed by atoms with van der Waals surface area (Å²) in [7, 11) is 3.08. The third kappa shape index (κ3) is 1.78. The predicted molar refractivity (Wildman–Crippen MR) is 76.2 cm³/mol. The van der Waals surface area contributed by atoms with Gasteiger partial charge in [0.15, 0.2) is 5.69 Å². The molecule has 0 bridgehead atoms. The van der Waals surface area contributed by atoms with Crippen molar-refractivity contribution < 1.29 is 14.8 Å². The SMILES string of the molecule is CC1CNC(=O)c2cc3c(=O)n(O)nc(C(=O)N(C)C)c3n21. The first kappa shape index (κ1) is 14.1. The smallest absolute Gasteiger partial charge is 0.312 e. The minimum atomic E-state index is -0.771. The maximum absolute atomic E-state index is 12.3. The van der Waals surface area contributed by atoms with Gasteiger partial charge < -0.3 is 20.0 Å². The van der Waals surface area contributed by atoms with Crippen molar-refractivity contribution in [3.05, 3.63) is 27.8 Å². The first-order valence-corrected chi connectivity index (χ1v) is 6.70. The van der Waals surface area contributed by atoms with Gasteiger partial charge in [-0.05, 0) is 13.0 Å². The van der Waals surface area contributed by atoms with E-state index in [9.17, 15) is 19.6 Å². The average Bonchev–Trinajstić information content (AvgIpc) is 2.88. The normalized spacial score (nSPS) is 17.2. The van der Waals surface area contributed by atoms with Crippen LogP contribution in [0.2, 0.25) is 0 Å². The van der Waals surface area contributed by atoms with Crippen molar-refractivity contribution in [2.45, 2.75) is 13.0 Å². The fourth-order valence-electron chi connectivity index (χ4n) is 2.64. The van der Waals surface area contributed by atoms with Crippen molar-refractivity contribution in [3.63, 3.8) is 0 Å². The number of carbonyl (C=O) groups is 2. The maximum Gasteiger partial charge on any atom is 0.312 e. The molecule has 3 heterocycles. The molecule has 0 fully saturated rings. The summed E-state index contributed by atoms with van der Waals surface area (Å²) in [6.45, 7) is 2.24. The van der Waals surface area contributed by atoms with Gasteiger partial charge in [0, 0.05) is 26.7 Å². The van der Waals surface area contributed by atoms with E-state index in [1.807, 2.05) is 6.92 Å². The number of nitrogens with one attached hydrogen (secondary N) is 1. The number of aromatic nitrogens is 3. The van der Waals surface area contributed by atoms with Crippen LogP contribution >= 0.6 is 0 Å². The minimum Gasteiger partial charge on any atom is -0.409 e. The molecule has 2 amide bonds. The Morgan fingerprint density at radius 1 is 1.45 bits per heavy atom. The summed E-state index contributed by atoms with van der Waals surface area (Å²) < 4.78 is 1.62. The molecule has 0 aromatic carbocycles. The highest BCUT2D eigenvalue weighted by atomic mass is 16.5. The summed E-state index contributed by atoms with van der Waals surface area (Å²) in [6, 6.07) is 1.23. The van der Waals surface area contributed by atoms with E-state index in [4.69, 9.17) is 0 Å². The predicted octanol–water partition coefficient (Wildman–Crippen LogP) is -0.558. The topological polar surface area (TPSA) is 109 Å². The molecule has 1 unspecified atom stereocenters. The van der Waals surface area contributed by atoms with Crippen LogP contribution in [0.3, 0.4) is 0 Å². The molecule has 3 rings (SSSR count). The van der Waals surface area contributed by atoms with E-state index in [-0.39, 0.29) is 39.1 Å². The van der Waals surface area contributed by atoms with Crippen molar-refractivity contribution in [1.82, 2.24) is 24.7 Å². The number of fused-ring (bicyclic) bond motifs is 3. The lowest BCUT2D eigenvalue weighted by Gasteiger charge is -2.24. The summed E-state index contributed by atoms with van der Waals surface area (Å²) in [6.07, 6.45) is 0. The van der Waals surface area contributed by atoms with Gasteiger partial charge in [-0.15, -0.1) is 5.10 Å². The Morgan fingerprint density at radius 3 is 2.77 bits per heavy atom. The van der Waals surface area contributed by atoms with Crippen LogP contribution in [0.15, 0.2) is 10.9 Å². The van der Waals surface area contributed by atoms with E-state index in [0.717, 1.165) is 0 Å². The molecular weight excluding hydrogens is 290 g/mol. The number of amides is 2. The monoisotopic (exact) mass is 305 g/mol. The van der Waals surface area contributed by atoms with E-state index in [0.29, 0.717) is 6.54 Å². The number of nitrogens with zero attached hydrogens (tertiary/aromatic N) is 4. The lowest BCUT2D eigenvalue weighted by atomic mass is 10.2. The summed E-state index contributed by atoms with van der Waals surface area (Å²) in [5, 5.41) is 16.1. The van der Waals surface area contributed by atoms with Gasteiger partial charge in [-0.3, -0.25) is 14.4 Å². The van der Waals surface area contributed by atoms with Crippen molar-refractivity contribution >= 4 is 22.7 Å². The van der Waals surface area contributed by atoms with Crippen LogP contribution in [0.5, 0.6) is 0 Å². The number of carbonyl (C=O) groups excluding carboxylic acids is 2. The van der Waals surface area contributed by atoms with Gasteiger partial charge in [-0.2, -0.15) is 0 Å². The second kappa shape index (κ2) is 4.58. The Bertz CT molecular complexity index is 863. The van der Waals surface area contributed by atoms with E-state index in [1.54, 1.807) is 18.7 Å². The number of hydrogen-bond donors (Lipinski definition) is 2. The fraction of sp³-hybridized carbons (Fsp3) is 0.385. The summed E-state index contributed by atoms with van der Waals surface area (Å²) in [5.41, 5.74) is -0.305. The highest BCUT2D eigenvalue weighted by molar-refractivity contribution is 6.07. The van der Waals surface area contributed by atoms with E-state index < -0.39 is 11.5 Å². The average molecular weight is 305 g/mol. The van der Waals surface area contributed by atoms with Gasteiger partial charge in [-0.1, -0.05) is 4.85 Å². The molecule has 0 spiro atoms. The van der Waals surface area contributed by atoms with Crippen LogP contribution in [0.4, 0.5) is 0 Å². The summed E-state index contributed by atoms with van der Waals surface area (Å²) in [5.74, 6) is -0.798. The molecule has 2 aromatic rings. The zero-order valence-electron chi connectivity index (χ0n) is 12.3. The third-order valence-corrected chi connectivity index (χ3v) is 3.71. The summed E-state index contributed by atoms with van der Waals surface area (Å²) in [4.78, 5) is 37.8. The lowest BCUT2D eigenvalue weighted by molar-refractivity contribution is 0.0798. The molecule has 1 aliphatic rings. The molecule has 9 heteroatoms. The van der Waals surface area contributed by atoms with Gasteiger partial charge in [-0.25, -0.2) is 0 Å². The number of hydrogen-bond acceptors (Lipinski definition) is 5. The quantitative estimate of drug-likeness (QED) is 0.686. The highest BCUT2D eigenvalue weighted by Gasteiger charge is 2.30. The van der Waals surface area contributed by atoms with Gasteiger partial charge in [0.25, 0.3) is 11.8 Å². The molecular formula is C13H15N5O4. The first-order valence-electron chi connectivity index (χ1n) is 6.70. The zero-order valence-corrected chi connectivity index (χ0v) is 12.3. The Kier molecular flexibility index (Phi) is 2.94. The van der Waals surface area contributed by atoms with Gasteiger partial charge in [0.05, 0.1) is 10.9 Å². The third-order valence-electron chi connectivity index (χ3n) is 3.71. The van der Waals surface area contributed by atoms with Crippen molar-refractivity contribution in [2.24, 2.45) is 0 Å². The van der Waals surface area contributed by atoms with Crippen LogP contribution in [0.1, 0.15) is 33.9 Å². The molecule has 1 atom stereocenters. The first-order chi connectivity index (χ1) is 10.3. The van der Waals surface area contributed by atoms with Crippen LogP contribution in [0.25, 0.3) is 10.9 Å². The molecule has 0 saturated carbocycles. The van der Waals surface area contributed by atoms with Crippen molar-refractivity contribution in [2.75, 3.05) is 20.6 Å². The van der Waals surface area contributed by atoms with E-state index in [1.165, 1.54) is 11.0 Å². The van der Waals surface area contributed by atoms with Gasteiger partial charge in [0.2, 0.25) is 0 Å². The standard InChI is InChI=1S/C13H15N5O4/c1-6-5-14-11(19)8-4-7-10(17(6)8)9(13(21)16(2)3)15-18(22)12(7)20/h4,6,22H,5H2,1-3H3,(H,14,19). The zero-order chi connectivity index (χ0) is 16.2. The van der Waals surface area contributed by atoms with Crippen LogP contribution in [-0.2, 0) is 0 Å². The molecule has 0 saturated heterocycles. The van der Waals surface area contributed by atoms with E-state index >= 15 is 0 Å². The lowest BCUT2D eigenvalue weighted by Crippen LogP contribution is -2.38. The van der Waals surface area contributed by atoms with Gasteiger partial charge in [0.1, 0.15) is 5.69 Å². The Morgan fingerprint density at radius 2 is 2.14 bits per heavy atom. The molecule has 0 aliphatic carbocycles. The van der Waals surface area contributed by atoms with Crippen molar-refractivity contribution in [1.29, 1.82) is 0 Å². The Labute approximate surface area is 124 Å². The second-order valence-electron chi connectivity index (χ2n) is 5.46. The van der Waals surface area contributed by atoms with Crippen molar-refractivity contribution in [3.8, 4) is 0 Å². The Hall–Kier alpha value is -2.84. The van der Waals surface area contributed by atoms with Crippen LogP contribution < -0.4 is 10.9 Å². The molecule has 2 N–H and O–H groups in total.